The molecule has 3 rings (SSSR count). The van der Waals surface area contributed by atoms with Crippen LogP contribution < -0.4 is 9.73 Å². The summed E-state index contributed by atoms with van der Waals surface area (Å²) >= 11 is 6.08. The van der Waals surface area contributed by atoms with Crippen LogP contribution in [-0.2, 0) is 21.0 Å². The molecule has 0 radical (unpaired) electrons. The number of carbonyl (C=O) groups excluding carboxylic acids is 1. The molecule has 1 fully saturated rings. The maximum Gasteiger partial charge on any atom is 0.416 e. The number of hydrazone groups is 1. The molecule has 0 aromatic heterocycles. The molecule has 0 bridgehead atoms. The van der Waals surface area contributed by atoms with Gasteiger partial charge in [0, 0.05) is 5.71 Å². The molecule has 0 spiro atoms. The van der Waals surface area contributed by atoms with Gasteiger partial charge in [-0.1, -0.05) is 36.2 Å². The highest BCUT2D eigenvalue weighted by molar-refractivity contribution is 7.92. The first-order valence-electron chi connectivity index (χ1n) is 9.88. The summed E-state index contributed by atoms with van der Waals surface area (Å²) in [5, 5.41) is 3.80. The highest BCUT2D eigenvalue weighted by Crippen LogP contribution is 2.37. The molecule has 32 heavy (non-hydrogen) atoms. The van der Waals surface area contributed by atoms with Crippen molar-refractivity contribution in [2.24, 2.45) is 5.10 Å². The second-order valence-corrected chi connectivity index (χ2v) is 9.53. The summed E-state index contributed by atoms with van der Waals surface area (Å²) in [5.41, 5.74) is 1.57. The fraction of sp³-hybridized carbons (Fsp3) is 0.333. The molecule has 1 aliphatic rings. The van der Waals surface area contributed by atoms with E-state index in [1.807, 2.05) is 0 Å². The van der Waals surface area contributed by atoms with Gasteiger partial charge < -0.3 is 0 Å². The minimum absolute atomic E-state index is 0.195. The summed E-state index contributed by atoms with van der Waals surface area (Å²) in [6, 6.07) is 9.40. The van der Waals surface area contributed by atoms with Gasteiger partial charge in [-0.05, 0) is 56.0 Å². The zero-order valence-electron chi connectivity index (χ0n) is 16.9. The molecule has 11 heteroatoms. The fourth-order valence-electron chi connectivity index (χ4n) is 3.28. The van der Waals surface area contributed by atoms with E-state index in [9.17, 15) is 26.4 Å². The van der Waals surface area contributed by atoms with E-state index in [4.69, 9.17) is 11.6 Å². The number of sulfonamides is 1. The highest BCUT2D eigenvalue weighted by atomic mass is 35.5. The van der Waals surface area contributed by atoms with Gasteiger partial charge in [0.25, 0.3) is 15.9 Å². The molecule has 1 saturated carbocycles. The Balaban J connectivity index is 1.98. The maximum absolute atomic E-state index is 13.3. The Labute approximate surface area is 189 Å². The Morgan fingerprint density at radius 3 is 2.34 bits per heavy atom. The highest BCUT2D eigenvalue weighted by Gasteiger charge is 2.34. The number of nitrogens with zero attached hydrogens (tertiary/aromatic N) is 2. The Bertz CT molecular complexity index is 1100. The second-order valence-electron chi connectivity index (χ2n) is 7.26. The van der Waals surface area contributed by atoms with Crippen LogP contribution in [0.15, 0.2) is 58.5 Å². The lowest BCUT2D eigenvalue weighted by atomic mass is 9.99. The molecule has 0 heterocycles. The van der Waals surface area contributed by atoms with Gasteiger partial charge in [-0.15, -0.1) is 0 Å². The first kappa shape index (κ1) is 24.1. The number of halogens is 4. The van der Waals surface area contributed by atoms with Gasteiger partial charge >= 0.3 is 6.18 Å². The summed E-state index contributed by atoms with van der Waals surface area (Å²) in [6.45, 7) is -0.797. The van der Waals surface area contributed by atoms with Crippen LogP contribution in [0.5, 0.6) is 0 Å². The van der Waals surface area contributed by atoms with E-state index < -0.39 is 39.9 Å². The van der Waals surface area contributed by atoms with E-state index in [0.717, 1.165) is 49.9 Å². The number of anilines is 1. The van der Waals surface area contributed by atoms with Crippen molar-refractivity contribution in [1.82, 2.24) is 5.43 Å². The normalized spacial score (nSPS) is 14.7. The number of benzene rings is 2. The van der Waals surface area contributed by atoms with Crippen LogP contribution in [0.4, 0.5) is 18.9 Å². The van der Waals surface area contributed by atoms with Crippen LogP contribution in [-0.4, -0.2) is 26.6 Å². The summed E-state index contributed by atoms with van der Waals surface area (Å²) in [4.78, 5) is 12.4. The van der Waals surface area contributed by atoms with Gasteiger partial charge in [-0.2, -0.15) is 18.3 Å². The van der Waals surface area contributed by atoms with Crippen molar-refractivity contribution in [2.45, 2.75) is 43.2 Å². The Hall–Kier alpha value is -2.59. The number of hydrogen-bond donors (Lipinski definition) is 1. The zero-order valence-corrected chi connectivity index (χ0v) is 18.5. The molecular weight excluding hydrogens is 467 g/mol. The van der Waals surface area contributed by atoms with Crippen LogP contribution >= 0.6 is 11.6 Å². The maximum atomic E-state index is 13.3. The monoisotopic (exact) mass is 487 g/mol. The molecule has 2 aromatic rings. The van der Waals surface area contributed by atoms with Crippen molar-refractivity contribution in [1.29, 1.82) is 0 Å². The number of rotatable bonds is 6. The van der Waals surface area contributed by atoms with Gasteiger partial charge in [-0.25, -0.2) is 13.8 Å². The minimum atomic E-state index is -4.73. The fourth-order valence-corrected chi connectivity index (χ4v) is 5.00. The van der Waals surface area contributed by atoms with Crippen LogP contribution in [0.3, 0.4) is 0 Å². The van der Waals surface area contributed by atoms with Gasteiger partial charge in [0.2, 0.25) is 0 Å². The van der Waals surface area contributed by atoms with Gasteiger partial charge in [0.1, 0.15) is 6.54 Å². The second kappa shape index (κ2) is 9.91. The average molecular weight is 488 g/mol. The van der Waals surface area contributed by atoms with E-state index in [0.29, 0.717) is 10.4 Å². The molecule has 0 aliphatic heterocycles. The average Bonchev–Trinajstić information content (AvgIpc) is 2.77. The van der Waals surface area contributed by atoms with E-state index in [1.54, 1.807) is 6.07 Å². The Kier molecular flexibility index (Phi) is 7.45. The van der Waals surface area contributed by atoms with E-state index in [-0.39, 0.29) is 9.92 Å². The molecular formula is C21H21ClF3N3O3S. The smallest absolute Gasteiger partial charge is 0.271 e. The van der Waals surface area contributed by atoms with Gasteiger partial charge in [-0.3, -0.25) is 9.10 Å². The van der Waals surface area contributed by atoms with Crippen LogP contribution in [0.1, 0.15) is 37.7 Å². The summed E-state index contributed by atoms with van der Waals surface area (Å²) in [6.07, 6.45) is -0.301. The molecule has 1 aliphatic carbocycles. The molecule has 0 atom stereocenters. The van der Waals surface area contributed by atoms with Crippen molar-refractivity contribution >= 4 is 38.9 Å². The van der Waals surface area contributed by atoms with E-state index in [2.05, 4.69) is 10.5 Å². The van der Waals surface area contributed by atoms with Crippen molar-refractivity contribution in [3.05, 3.63) is 59.1 Å². The third-order valence-corrected chi connectivity index (χ3v) is 7.02. The molecule has 172 valence electrons. The first-order chi connectivity index (χ1) is 15.1. The SMILES string of the molecule is O=C(CN(c1cc(C(F)(F)F)ccc1Cl)S(=O)(=O)c1ccccc1)NN=C1CCCCC1. The van der Waals surface area contributed by atoms with Gasteiger partial charge in [0.15, 0.2) is 0 Å². The lowest BCUT2D eigenvalue weighted by Crippen LogP contribution is -2.40. The van der Waals surface area contributed by atoms with Crippen LogP contribution in [0, 0.1) is 0 Å². The first-order valence-corrected chi connectivity index (χ1v) is 11.7. The number of amides is 1. The van der Waals surface area contributed by atoms with Crippen LogP contribution in [0.25, 0.3) is 0 Å². The van der Waals surface area contributed by atoms with E-state index >= 15 is 0 Å². The number of hydrogen-bond acceptors (Lipinski definition) is 4. The molecule has 2 aromatic carbocycles. The summed E-state index contributed by atoms with van der Waals surface area (Å²) < 4.78 is 66.9. The third-order valence-electron chi connectivity index (χ3n) is 4.93. The largest absolute Gasteiger partial charge is 0.416 e. The topological polar surface area (TPSA) is 78.8 Å². The predicted octanol–water partition coefficient (Wildman–Crippen LogP) is 4.99. The van der Waals surface area contributed by atoms with Crippen molar-refractivity contribution in [3.63, 3.8) is 0 Å². The number of nitrogens with one attached hydrogen (secondary N) is 1. The lowest BCUT2D eigenvalue weighted by Gasteiger charge is -2.25. The van der Waals surface area contributed by atoms with Crippen molar-refractivity contribution in [3.8, 4) is 0 Å². The molecule has 6 nitrogen and oxygen atoms in total. The third kappa shape index (κ3) is 5.80. The summed E-state index contributed by atoms with van der Waals surface area (Å²) in [5.74, 6) is -0.795. The lowest BCUT2D eigenvalue weighted by molar-refractivity contribution is -0.137. The van der Waals surface area contributed by atoms with Crippen molar-refractivity contribution in [2.75, 3.05) is 10.8 Å². The quantitative estimate of drug-likeness (QED) is 0.583. The number of alkyl halides is 3. The standard InChI is InChI=1S/C21H21ClF3N3O3S/c22-18-12-11-15(21(23,24)25)13-19(18)28(32(30,31)17-9-5-2-6-10-17)14-20(29)27-26-16-7-3-1-4-8-16/h2,5-6,9-13H,1,3-4,7-8,14H2,(H,27,29). The van der Waals surface area contributed by atoms with Gasteiger partial charge in [0.05, 0.1) is 21.2 Å². The molecule has 0 unspecified atom stereocenters. The Morgan fingerprint density at radius 2 is 1.72 bits per heavy atom. The molecule has 0 saturated heterocycles. The Morgan fingerprint density at radius 1 is 1.06 bits per heavy atom. The predicted molar refractivity (Wildman–Crippen MR) is 116 cm³/mol. The molecule has 1 N–H and O–H groups in total. The van der Waals surface area contributed by atoms with E-state index in [1.165, 1.54) is 24.3 Å². The summed E-state index contributed by atoms with van der Waals surface area (Å²) in [7, 11) is -4.40. The number of carbonyl (C=O) groups is 1. The van der Waals surface area contributed by atoms with Crippen LogP contribution in [0.2, 0.25) is 5.02 Å². The molecule has 1 amide bonds. The zero-order chi connectivity index (χ0) is 23.4. The minimum Gasteiger partial charge on any atom is -0.271 e. The van der Waals surface area contributed by atoms with Crippen molar-refractivity contribution < 1.29 is 26.4 Å².